The lowest BCUT2D eigenvalue weighted by Gasteiger charge is -2.10. The number of ether oxygens (including phenoxy) is 3. The van der Waals surface area contributed by atoms with Gasteiger partial charge in [-0.15, -0.1) is 0 Å². The van der Waals surface area contributed by atoms with Crippen molar-refractivity contribution < 1.29 is 23.8 Å². The van der Waals surface area contributed by atoms with Gasteiger partial charge >= 0.3 is 5.97 Å². The Kier molecular flexibility index (Phi) is 7.47. The monoisotopic (exact) mass is 421 g/mol. The number of hydrogen-bond donors (Lipinski definition) is 1. The highest BCUT2D eigenvalue weighted by Gasteiger charge is 2.11. The summed E-state index contributed by atoms with van der Waals surface area (Å²) >= 11 is 3.36. The number of nitrogens with one attached hydrogen (secondary N) is 1. The lowest BCUT2D eigenvalue weighted by atomic mass is 10.2. The first-order valence-corrected chi connectivity index (χ1v) is 8.82. The van der Waals surface area contributed by atoms with E-state index in [1.165, 1.54) is 0 Å². The molecule has 0 aliphatic heterocycles. The number of halogens is 1. The minimum Gasteiger partial charge on any atom is -0.496 e. The van der Waals surface area contributed by atoms with Gasteiger partial charge in [-0.2, -0.15) is 0 Å². The van der Waals surface area contributed by atoms with Crippen LogP contribution >= 0.6 is 15.9 Å². The molecule has 0 heterocycles. The number of rotatable bonds is 8. The van der Waals surface area contributed by atoms with Crippen LogP contribution in [-0.2, 0) is 16.1 Å². The van der Waals surface area contributed by atoms with E-state index in [4.69, 9.17) is 14.2 Å². The Labute approximate surface area is 160 Å². The Morgan fingerprint density at radius 3 is 2.50 bits per heavy atom. The molecule has 0 atom stereocenters. The second kappa shape index (κ2) is 9.82. The molecule has 0 aromatic heterocycles. The number of carbonyl (C=O) groups is 2. The van der Waals surface area contributed by atoms with Gasteiger partial charge in [0.2, 0.25) is 0 Å². The van der Waals surface area contributed by atoms with Gasteiger partial charge in [-0.05, 0) is 49.4 Å². The number of hydrogen-bond acceptors (Lipinski definition) is 5. The van der Waals surface area contributed by atoms with E-state index >= 15 is 0 Å². The van der Waals surface area contributed by atoms with Gasteiger partial charge in [0.05, 0.1) is 13.7 Å². The Bertz CT molecular complexity index is 761. The zero-order valence-electron chi connectivity index (χ0n) is 14.6. The minimum atomic E-state index is -0.536. The molecule has 0 spiro atoms. The number of esters is 1. The molecule has 0 radical (unpaired) electrons. The first-order chi connectivity index (χ1) is 12.5. The molecule has 0 saturated carbocycles. The number of methoxy groups -OCH3 is 1. The highest BCUT2D eigenvalue weighted by molar-refractivity contribution is 9.10. The molecule has 0 unspecified atom stereocenters. The summed E-state index contributed by atoms with van der Waals surface area (Å²) in [6, 6.07) is 12.1. The fourth-order valence-electron chi connectivity index (χ4n) is 2.19. The van der Waals surface area contributed by atoms with Crippen LogP contribution in [0.5, 0.6) is 11.5 Å². The molecule has 7 heteroatoms. The van der Waals surface area contributed by atoms with Crippen LogP contribution in [0.1, 0.15) is 22.8 Å². The third kappa shape index (κ3) is 5.77. The Hall–Kier alpha value is -2.54. The maximum Gasteiger partial charge on any atom is 0.325 e. The van der Waals surface area contributed by atoms with E-state index in [1.54, 1.807) is 37.4 Å². The summed E-state index contributed by atoms with van der Waals surface area (Å²) in [5.41, 5.74) is 1.17. The van der Waals surface area contributed by atoms with Crippen molar-refractivity contribution in [2.24, 2.45) is 0 Å². The standard InChI is InChI=1S/C19H20BrNO5/c1-3-25-16-7-4-13(5-8-16)19(23)21-11-18(22)26-12-14-10-15(20)6-9-17(14)24-2/h4-10H,3,11-12H2,1-2H3,(H,21,23). The summed E-state index contributed by atoms with van der Waals surface area (Å²) in [5.74, 6) is 0.419. The van der Waals surface area contributed by atoms with Crippen LogP contribution in [0.4, 0.5) is 0 Å². The first kappa shape index (κ1) is 19.8. The predicted molar refractivity (Wildman–Crippen MR) is 100 cm³/mol. The van der Waals surface area contributed by atoms with Crippen molar-refractivity contribution in [2.45, 2.75) is 13.5 Å². The van der Waals surface area contributed by atoms with Crippen molar-refractivity contribution in [3.05, 3.63) is 58.1 Å². The van der Waals surface area contributed by atoms with Gasteiger partial charge in [0.15, 0.2) is 0 Å². The van der Waals surface area contributed by atoms with Crippen molar-refractivity contribution in [1.29, 1.82) is 0 Å². The molecule has 1 amide bonds. The predicted octanol–water partition coefficient (Wildman–Crippen LogP) is 3.33. The van der Waals surface area contributed by atoms with Crippen LogP contribution in [0.25, 0.3) is 0 Å². The van der Waals surface area contributed by atoms with E-state index in [-0.39, 0.29) is 19.1 Å². The van der Waals surface area contributed by atoms with Crippen LogP contribution in [0.2, 0.25) is 0 Å². The lowest BCUT2D eigenvalue weighted by molar-refractivity contribution is -0.143. The summed E-state index contributed by atoms with van der Waals surface area (Å²) in [5, 5.41) is 2.53. The Balaban J connectivity index is 1.83. The van der Waals surface area contributed by atoms with E-state index in [9.17, 15) is 9.59 Å². The third-order valence-corrected chi connectivity index (χ3v) is 3.95. The topological polar surface area (TPSA) is 73.9 Å². The molecule has 0 bridgehead atoms. The molecule has 0 aliphatic carbocycles. The van der Waals surface area contributed by atoms with Gasteiger partial charge in [-0.25, -0.2) is 0 Å². The zero-order chi connectivity index (χ0) is 18.9. The zero-order valence-corrected chi connectivity index (χ0v) is 16.2. The van der Waals surface area contributed by atoms with Gasteiger partial charge in [0.25, 0.3) is 5.91 Å². The number of carbonyl (C=O) groups excluding carboxylic acids is 2. The second-order valence-corrected chi connectivity index (χ2v) is 6.17. The molecular weight excluding hydrogens is 402 g/mol. The maximum absolute atomic E-state index is 12.1. The van der Waals surface area contributed by atoms with Gasteiger partial charge in [-0.1, -0.05) is 15.9 Å². The van der Waals surface area contributed by atoms with Crippen LogP contribution in [0, 0.1) is 0 Å². The van der Waals surface area contributed by atoms with Crippen LogP contribution in [-0.4, -0.2) is 32.1 Å². The Morgan fingerprint density at radius 1 is 1.12 bits per heavy atom. The SMILES string of the molecule is CCOc1ccc(C(=O)NCC(=O)OCc2cc(Br)ccc2OC)cc1. The number of benzene rings is 2. The normalized spacial score (nSPS) is 10.1. The first-order valence-electron chi connectivity index (χ1n) is 8.02. The molecule has 2 aromatic carbocycles. The van der Waals surface area contributed by atoms with E-state index in [0.717, 1.165) is 10.0 Å². The number of amides is 1. The van der Waals surface area contributed by atoms with E-state index in [0.29, 0.717) is 23.7 Å². The van der Waals surface area contributed by atoms with Crippen LogP contribution in [0.15, 0.2) is 46.9 Å². The van der Waals surface area contributed by atoms with Gasteiger partial charge in [-0.3, -0.25) is 9.59 Å². The van der Waals surface area contributed by atoms with Crippen molar-refractivity contribution in [2.75, 3.05) is 20.3 Å². The summed E-state index contributed by atoms with van der Waals surface area (Å²) in [4.78, 5) is 23.9. The molecule has 0 aliphatic rings. The second-order valence-electron chi connectivity index (χ2n) is 5.26. The smallest absolute Gasteiger partial charge is 0.325 e. The molecule has 0 fully saturated rings. The van der Waals surface area contributed by atoms with Crippen molar-refractivity contribution >= 4 is 27.8 Å². The minimum absolute atomic E-state index is 0.0559. The van der Waals surface area contributed by atoms with Gasteiger partial charge in [0.1, 0.15) is 24.7 Å². The van der Waals surface area contributed by atoms with Gasteiger partial charge in [0, 0.05) is 15.6 Å². The molecule has 6 nitrogen and oxygen atoms in total. The molecule has 0 saturated heterocycles. The molecule has 2 rings (SSSR count). The van der Waals surface area contributed by atoms with E-state index in [2.05, 4.69) is 21.2 Å². The summed E-state index contributed by atoms with van der Waals surface area (Å²) < 4.78 is 16.6. The highest BCUT2D eigenvalue weighted by Crippen LogP contribution is 2.23. The quantitative estimate of drug-likeness (QED) is 0.661. The fourth-order valence-corrected chi connectivity index (χ4v) is 2.60. The van der Waals surface area contributed by atoms with E-state index < -0.39 is 5.97 Å². The lowest BCUT2D eigenvalue weighted by Crippen LogP contribution is -2.30. The molecule has 2 aromatic rings. The average Bonchev–Trinajstić information content (AvgIpc) is 2.65. The molecule has 26 heavy (non-hydrogen) atoms. The van der Waals surface area contributed by atoms with Crippen molar-refractivity contribution in [3.63, 3.8) is 0 Å². The maximum atomic E-state index is 12.1. The summed E-state index contributed by atoms with van der Waals surface area (Å²) in [7, 11) is 1.55. The van der Waals surface area contributed by atoms with Crippen molar-refractivity contribution in [1.82, 2.24) is 5.32 Å². The third-order valence-electron chi connectivity index (χ3n) is 3.45. The largest absolute Gasteiger partial charge is 0.496 e. The molecular formula is C19H20BrNO5. The van der Waals surface area contributed by atoms with Crippen LogP contribution in [0.3, 0.4) is 0 Å². The van der Waals surface area contributed by atoms with Crippen molar-refractivity contribution in [3.8, 4) is 11.5 Å². The van der Waals surface area contributed by atoms with Gasteiger partial charge < -0.3 is 19.5 Å². The molecule has 1 N–H and O–H groups in total. The summed E-state index contributed by atoms with van der Waals surface area (Å²) in [6.45, 7) is 2.28. The van der Waals surface area contributed by atoms with E-state index in [1.807, 2.05) is 19.1 Å². The van der Waals surface area contributed by atoms with Crippen LogP contribution < -0.4 is 14.8 Å². The average molecular weight is 422 g/mol. The fraction of sp³-hybridized carbons (Fsp3) is 0.263. The molecule has 138 valence electrons. The Morgan fingerprint density at radius 2 is 1.85 bits per heavy atom. The highest BCUT2D eigenvalue weighted by atomic mass is 79.9. The summed E-state index contributed by atoms with van der Waals surface area (Å²) in [6.07, 6.45) is 0.